The Morgan fingerprint density at radius 1 is 1.36 bits per heavy atom. The molecule has 4 heterocycles. The minimum Gasteiger partial charge on any atom is -0.379 e. The Balaban J connectivity index is 1.38. The van der Waals surface area contributed by atoms with Crippen LogP contribution in [0.15, 0.2) is 10.6 Å². The summed E-state index contributed by atoms with van der Waals surface area (Å²) in [7, 11) is 2.17. The first-order valence-electron chi connectivity index (χ1n) is 9.24. The maximum Gasteiger partial charge on any atom is 0.276 e. The van der Waals surface area contributed by atoms with Crippen LogP contribution in [-0.4, -0.2) is 79.5 Å². The predicted octanol–water partition coefficient (Wildman–Crippen LogP) is 1.18. The van der Waals surface area contributed by atoms with Gasteiger partial charge in [0, 0.05) is 25.1 Å². The van der Waals surface area contributed by atoms with Crippen molar-refractivity contribution in [1.29, 1.82) is 0 Å². The quantitative estimate of drug-likeness (QED) is 0.813. The highest BCUT2D eigenvalue weighted by Gasteiger charge is 2.48. The van der Waals surface area contributed by atoms with E-state index in [1.165, 1.54) is 12.8 Å². The van der Waals surface area contributed by atoms with Gasteiger partial charge in [-0.15, -0.1) is 0 Å². The number of rotatable bonds is 4. The molecule has 0 radical (unpaired) electrons. The van der Waals surface area contributed by atoms with Crippen LogP contribution in [0, 0.1) is 18.8 Å². The fourth-order valence-electron chi connectivity index (χ4n) is 4.21. The number of aryl methyl sites for hydroxylation is 1. The molecule has 0 bridgehead atoms. The van der Waals surface area contributed by atoms with Crippen molar-refractivity contribution < 1.29 is 18.8 Å². The Kier molecular flexibility index (Phi) is 4.80. The molecule has 3 fully saturated rings. The number of carbonyl (C=O) groups excluding carboxylic acids is 1. The molecule has 1 amide bonds. The van der Waals surface area contributed by atoms with E-state index >= 15 is 0 Å². The summed E-state index contributed by atoms with van der Waals surface area (Å²) in [6.07, 6.45) is 2.44. The van der Waals surface area contributed by atoms with E-state index in [1.807, 2.05) is 4.90 Å². The van der Waals surface area contributed by atoms with Gasteiger partial charge in [-0.3, -0.25) is 4.79 Å². The van der Waals surface area contributed by atoms with E-state index in [-0.39, 0.29) is 24.0 Å². The summed E-state index contributed by atoms with van der Waals surface area (Å²) in [4.78, 5) is 17.0. The number of likely N-dealkylation sites (tertiary alicyclic amines) is 2. The van der Waals surface area contributed by atoms with Crippen molar-refractivity contribution in [3.8, 4) is 0 Å². The lowest BCUT2D eigenvalue weighted by atomic mass is 9.97. The molecular weight excluding hydrogens is 322 g/mol. The van der Waals surface area contributed by atoms with E-state index in [1.54, 1.807) is 13.0 Å². The fourth-order valence-corrected chi connectivity index (χ4v) is 4.21. The van der Waals surface area contributed by atoms with Gasteiger partial charge in [0.2, 0.25) is 0 Å². The molecule has 3 saturated heterocycles. The molecule has 7 nitrogen and oxygen atoms in total. The number of aromatic nitrogens is 1. The Hall–Kier alpha value is -1.44. The number of ether oxygens (including phenoxy) is 2. The van der Waals surface area contributed by atoms with Crippen molar-refractivity contribution in [3.63, 3.8) is 0 Å². The van der Waals surface area contributed by atoms with Crippen molar-refractivity contribution in [2.75, 3.05) is 46.5 Å². The third kappa shape index (κ3) is 3.45. The molecule has 0 saturated carbocycles. The fraction of sp³-hybridized carbons (Fsp3) is 0.778. The summed E-state index contributed by atoms with van der Waals surface area (Å²) < 4.78 is 17.0. The normalized spacial score (nSPS) is 30.8. The summed E-state index contributed by atoms with van der Waals surface area (Å²) in [5.41, 5.74) is 0.374. The number of fused-ring (bicyclic) bond motifs is 1. The first-order valence-corrected chi connectivity index (χ1v) is 9.24. The molecule has 0 aliphatic carbocycles. The molecule has 0 N–H and O–H groups in total. The molecule has 0 aromatic carbocycles. The molecule has 1 aromatic heterocycles. The highest BCUT2D eigenvalue weighted by Crippen LogP contribution is 2.33. The van der Waals surface area contributed by atoms with Crippen LogP contribution in [0.5, 0.6) is 0 Å². The van der Waals surface area contributed by atoms with Crippen LogP contribution >= 0.6 is 0 Å². The molecule has 0 unspecified atom stereocenters. The maximum absolute atomic E-state index is 12.8. The van der Waals surface area contributed by atoms with Gasteiger partial charge in [0.15, 0.2) is 5.69 Å². The highest BCUT2D eigenvalue weighted by molar-refractivity contribution is 5.92. The molecular formula is C18H27N3O4. The first-order chi connectivity index (χ1) is 12.1. The number of hydrogen-bond acceptors (Lipinski definition) is 6. The average Bonchev–Trinajstić information content (AvgIpc) is 3.30. The van der Waals surface area contributed by atoms with Gasteiger partial charge < -0.3 is 23.8 Å². The third-order valence-corrected chi connectivity index (χ3v) is 5.84. The second-order valence-electron chi connectivity index (χ2n) is 7.67. The van der Waals surface area contributed by atoms with Crippen LogP contribution in [0.1, 0.15) is 29.1 Å². The second kappa shape index (κ2) is 7.05. The van der Waals surface area contributed by atoms with Crippen molar-refractivity contribution in [1.82, 2.24) is 15.0 Å². The molecule has 1 aromatic rings. The minimum atomic E-state index is -0.0808. The zero-order valence-corrected chi connectivity index (χ0v) is 15.0. The van der Waals surface area contributed by atoms with E-state index in [0.717, 1.165) is 19.7 Å². The lowest BCUT2D eigenvalue weighted by Gasteiger charge is -2.30. The molecule has 3 aliphatic rings. The van der Waals surface area contributed by atoms with Gasteiger partial charge in [-0.05, 0) is 45.8 Å². The molecule has 3 atom stereocenters. The summed E-state index contributed by atoms with van der Waals surface area (Å²) in [6.45, 7) is 6.74. The summed E-state index contributed by atoms with van der Waals surface area (Å²) in [5, 5.41) is 3.87. The molecule has 25 heavy (non-hydrogen) atoms. The van der Waals surface area contributed by atoms with Crippen LogP contribution in [0.2, 0.25) is 0 Å². The third-order valence-electron chi connectivity index (χ3n) is 5.84. The van der Waals surface area contributed by atoms with Crippen molar-refractivity contribution in [3.05, 3.63) is 17.5 Å². The lowest BCUT2D eigenvalue weighted by Crippen LogP contribution is -2.38. The number of amides is 1. The van der Waals surface area contributed by atoms with Gasteiger partial charge in [0.25, 0.3) is 5.91 Å². The molecule has 4 rings (SSSR count). The van der Waals surface area contributed by atoms with Crippen LogP contribution in [-0.2, 0) is 9.47 Å². The van der Waals surface area contributed by atoms with Gasteiger partial charge in [-0.2, -0.15) is 0 Å². The largest absolute Gasteiger partial charge is 0.379 e. The summed E-state index contributed by atoms with van der Waals surface area (Å²) in [5.74, 6) is 1.46. The SMILES string of the molecule is Cc1cc(C(=O)N2C[C@@H](OCC3CCN(C)CC3)[C@@H]3COC[C@@H]32)no1. The molecule has 3 aliphatic heterocycles. The highest BCUT2D eigenvalue weighted by atomic mass is 16.5. The monoisotopic (exact) mass is 349 g/mol. The van der Waals surface area contributed by atoms with Crippen molar-refractivity contribution in [2.24, 2.45) is 11.8 Å². The van der Waals surface area contributed by atoms with Crippen LogP contribution in [0.3, 0.4) is 0 Å². The van der Waals surface area contributed by atoms with Gasteiger partial charge in [-0.25, -0.2) is 0 Å². The van der Waals surface area contributed by atoms with E-state index in [4.69, 9.17) is 14.0 Å². The predicted molar refractivity (Wildman–Crippen MR) is 90.3 cm³/mol. The van der Waals surface area contributed by atoms with E-state index in [0.29, 0.717) is 37.1 Å². The lowest BCUT2D eigenvalue weighted by molar-refractivity contribution is -0.00792. The van der Waals surface area contributed by atoms with Crippen LogP contribution in [0.25, 0.3) is 0 Å². The number of hydrogen-bond donors (Lipinski definition) is 0. The Bertz CT molecular complexity index is 611. The zero-order chi connectivity index (χ0) is 17.4. The van der Waals surface area contributed by atoms with Gasteiger partial charge in [-0.1, -0.05) is 5.16 Å². The molecule has 7 heteroatoms. The van der Waals surface area contributed by atoms with Gasteiger partial charge in [0.05, 0.1) is 25.4 Å². The Labute approximate surface area is 148 Å². The van der Waals surface area contributed by atoms with E-state index < -0.39 is 0 Å². The Morgan fingerprint density at radius 3 is 2.88 bits per heavy atom. The van der Waals surface area contributed by atoms with Crippen molar-refractivity contribution >= 4 is 5.91 Å². The smallest absolute Gasteiger partial charge is 0.276 e. The number of nitrogens with zero attached hydrogens (tertiary/aromatic N) is 3. The number of piperidine rings is 1. The molecule has 138 valence electrons. The van der Waals surface area contributed by atoms with Crippen molar-refractivity contribution in [2.45, 2.75) is 31.9 Å². The first kappa shape index (κ1) is 17.0. The van der Waals surface area contributed by atoms with Gasteiger partial charge in [0.1, 0.15) is 5.76 Å². The second-order valence-corrected chi connectivity index (χ2v) is 7.67. The Morgan fingerprint density at radius 2 is 2.16 bits per heavy atom. The van der Waals surface area contributed by atoms with Crippen LogP contribution < -0.4 is 0 Å². The molecule has 0 spiro atoms. The van der Waals surface area contributed by atoms with E-state index in [2.05, 4.69) is 17.1 Å². The topological polar surface area (TPSA) is 68.0 Å². The standard InChI is InChI=1S/C18H27N3O4/c1-12-7-15(19-25-12)18(22)21-8-17(14-10-23-11-16(14)21)24-9-13-3-5-20(2)6-4-13/h7,13-14,16-17H,3-6,8-11H2,1-2H3/t14-,16+,17-/m1/s1. The van der Waals surface area contributed by atoms with Crippen LogP contribution in [0.4, 0.5) is 0 Å². The summed E-state index contributed by atoms with van der Waals surface area (Å²) >= 11 is 0. The van der Waals surface area contributed by atoms with E-state index in [9.17, 15) is 4.79 Å². The average molecular weight is 349 g/mol. The number of carbonyl (C=O) groups is 1. The summed E-state index contributed by atoms with van der Waals surface area (Å²) in [6, 6.07) is 1.78. The minimum absolute atomic E-state index is 0.0594. The zero-order valence-electron chi connectivity index (χ0n) is 15.0. The maximum atomic E-state index is 12.8. The van der Waals surface area contributed by atoms with Gasteiger partial charge >= 0.3 is 0 Å².